The lowest BCUT2D eigenvalue weighted by atomic mass is 10.2. The van der Waals surface area contributed by atoms with Gasteiger partial charge in [0.15, 0.2) is 0 Å². The van der Waals surface area contributed by atoms with Crippen LogP contribution in [0.25, 0.3) is 0 Å². The molecule has 1 saturated heterocycles. The number of carbonyl (C=O) groups is 1. The Balaban J connectivity index is 1.69. The van der Waals surface area contributed by atoms with Gasteiger partial charge in [0, 0.05) is 30.6 Å². The first kappa shape index (κ1) is 15.3. The Labute approximate surface area is 124 Å². The molecule has 20 heavy (non-hydrogen) atoms. The molecule has 2 N–H and O–H groups in total. The average molecular weight is 297 g/mol. The predicted molar refractivity (Wildman–Crippen MR) is 81.1 cm³/mol. The molecule has 2 heterocycles. The Morgan fingerprint density at radius 1 is 1.45 bits per heavy atom. The molecule has 6 heteroatoms. The van der Waals surface area contributed by atoms with E-state index in [-0.39, 0.29) is 12.1 Å². The maximum Gasteiger partial charge on any atom is 0.315 e. The van der Waals surface area contributed by atoms with Gasteiger partial charge in [-0.1, -0.05) is 6.07 Å². The van der Waals surface area contributed by atoms with E-state index in [4.69, 9.17) is 4.74 Å². The average Bonchev–Trinajstić information content (AvgIpc) is 3.00. The zero-order valence-corrected chi connectivity index (χ0v) is 12.9. The monoisotopic (exact) mass is 297 g/mol. The van der Waals surface area contributed by atoms with Crippen molar-refractivity contribution in [1.82, 2.24) is 15.5 Å². The highest BCUT2D eigenvalue weighted by molar-refractivity contribution is 7.10. The van der Waals surface area contributed by atoms with Crippen molar-refractivity contribution in [2.45, 2.75) is 25.9 Å². The Hall–Kier alpha value is -1.11. The number of nitrogens with one attached hydrogen (secondary N) is 2. The second-order valence-electron chi connectivity index (χ2n) is 5.09. The van der Waals surface area contributed by atoms with Gasteiger partial charge in [0.1, 0.15) is 0 Å². The van der Waals surface area contributed by atoms with E-state index in [1.807, 2.05) is 24.4 Å². The highest BCUT2D eigenvalue weighted by Gasteiger charge is 2.18. The molecule has 2 rings (SSSR count). The third-order valence-corrected chi connectivity index (χ3v) is 4.60. The molecule has 0 radical (unpaired) electrons. The lowest BCUT2D eigenvalue weighted by Gasteiger charge is -2.32. The summed E-state index contributed by atoms with van der Waals surface area (Å²) in [6.45, 7) is 8.23. The molecule has 1 aliphatic rings. The zero-order valence-electron chi connectivity index (χ0n) is 12.1. The maximum absolute atomic E-state index is 11.9. The van der Waals surface area contributed by atoms with Crippen LogP contribution < -0.4 is 10.6 Å². The summed E-state index contributed by atoms with van der Waals surface area (Å²) in [7, 11) is 0. The molecular formula is C14H23N3O2S. The number of rotatable bonds is 5. The Kier molecular flexibility index (Phi) is 5.82. The molecule has 0 bridgehead atoms. The summed E-state index contributed by atoms with van der Waals surface area (Å²) in [5.41, 5.74) is 0. The number of thiophene rings is 1. The third-order valence-electron chi connectivity index (χ3n) is 3.54. The largest absolute Gasteiger partial charge is 0.379 e. The van der Waals surface area contributed by atoms with Gasteiger partial charge >= 0.3 is 6.03 Å². The molecule has 1 aromatic rings. The standard InChI is InChI=1S/C14H23N3O2S/c1-11(17-5-7-19-8-6-17)10-15-14(18)16-12(2)13-4-3-9-20-13/h3-4,9,11-12H,5-8,10H2,1-2H3,(H2,15,16,18)/t11-,12-/m1/s1. The molecule has 0 saturated carbocycles. The van der Waals surface area contributed by atoms with Crippen molar-refractivity contribution in [1.29, 1.82) is 0 Å². The zero-order chi connectivity index (χ0) is 14.4. The van der Waals surface area contributed by atoms with Crippen molar-refractivity contribution in [2.24, 2.45) is 0 Å². The molecule has 0 aliphatic carbocycles. The van der Waals surface area contributed by atoms with Gasteiger partial charge in [-0.15, -0.1) is 11.3 Å². The summed E-state index contributed by atoms with van der Waals surface area (Å²) in [6.07, 6.45) is 0. The number of hydrogen-bond acceptors (Lipinski definition) is 4. The van der Waals surface area contributed by atoms with Crippen LogP contribution >= 0.6 is 11.3 Å². The van der Waals surface area contributed by atoms with Crippen molar-refractivity contribution >= 4 is 17.4 Å². The molecule has 5 nitrogen and oxygen atoms in total. The maximum atomic E-state index is 11.9. The lowest BCUT2D eigenvalue weighted by molar-refractivity contribution is 0.0209. The van der Waals surface area contributed by atoms with E-state index < -0.39 is 0 Å². The van der Waals surface area contributed by atoms with Crippen molar-refractivity contribution in [2.75, 3.05) is 32.8 Å². The molecule has 1 aromatic heterocycles. The van der Waals surface area contributed by atoms with Crippen LogP contribution in [0, 0.1) is 0 Å². The van der Waals surface area contributed by atoms with E-state index in [2.05, 4.69) is 22.5 Å². The van der Waals surface area contributed by atoms with Crippen LogP contribution in [0.15, 0.2) is 17.5 Å². The first-order valence-corrected chi connectivity index (χ1v) is 7.94. The number of morpholine rings is 1. The SMILES string of the molecule is C[C@H](CNC(=O)N[C@H](C)c1cccs1)N1CCOCC1. The molecule has 0 aromatic carbocycles. The molecule has 1 fully saturated rings. The van der Waals surface area contributed by atoms with Crippen molar-refractivity contribution in [3.63, 3.8) is 0 Å². The number of ether oxygens (including phenoxy) is 1. The van der Waals surface area contributed by atoms with Gasteiger partial charge in [-0.25, -0.2) is 4.79 Å². The number of carbonyl (C=O) groups excluding carboxylic acids is 1. The number of hydrogen-bond donors (Lipinski definition) is 2. The van der Waals surface area contributed by atoms with E-state index >= 15 is 0 Å². The summed E-state index contributed by atoms with van der Waals surface area (Å²) >= 11 is 1.66. The van der Waals surface area contributed by atoms with Gasteiger partial charge in [0.2, 0.25) is 0 Å². The van der Waals surface area contributed by atoms with Crippen LogP contribution in [0.5, 0.6) is 0 Å². The van der Waals surface area contributed by atoms with Gasteiger partial charge in [-0.05, 0) is 25.3 Å². The van der Waals surface area contributed by atoms with Crippen LogP contribution in [0.1, 0.15) is 24.8 Å². The first-order valence-electron chi connectivity index (χ1n) is 7.06. The first-order chi connectivity index (χ1) is 9.66. The second-order valence-corrected chi connectivity index (χ2v) is 6.07. The Morgan fingerprint density at radius 2 is 2.20 bits per heavy atom. The van der Waals surface area contributed by atoms with E-state index in [1.165, 1.54) is 4.88 Å². The van der Waals surface area contributed by atoms with E-state index in [0.717, 1.165) is 26.3 Å². The highest BCUT2D eigenvalue weighted by atomic mass is 32.1. The molecule has 2 atom stereocenters. The van der Waals surface area contributed by atoms with Gasteiger partial charge in [-0.2, -0.15) is 0 Å². The predicted octanol–water partition coefficient (Wildman–Crippen LogP) is 1.83. The van der Waals surface area contributed by atoms with Crippen LogP contribution in [-0.2, 0) is 4.74 Å². The van der Waals surface area contributed by atoms with Crippen LogP contribution in [0.2, 0.25) is 0 Å². The van der Waals surface area contributed by atoms with Crippen molar-refractivity contribution < 1.29 is 9.53 Å². The molecular weight excluding hydrogens is 274 g/mol. The fourth-order valence-electron chi connectivity index (χ4n) is 2.24. The van der Waals surface area contributed by atoms with Crippen molar-refractivity contribution in [3.05, 3.63) is 22.4 Å². The summed E-state index contributed by atoms with van der Waals surface area (Å²) in [4.78, 5) is 15.4. The van der Waals surface area contributed by atoms with Crippen LogP contribution in [0.4, 0.5) is 4.79 Å². The molecule has 2 amide bonds. The quantitative estimate of drug-likeness (QED) is 0.872. The minimum Gasteiger partial charge on any atom is -0.379 e. The number of urea groups is 1. The summed E-state index contributed by atoms with van der Waals surface area (Å²) in [6, 6.07) is 4.31. The fraction of sp³-hybridized carbons (Fsp3) is 0.643. The minimum atomic E-state index is -0.106. The smallest absolute Gasteiger partial charge is 0.315 e. The molecule has 0 unspecified atom stereocenters. The lowest BCUT2D eigenvalue weighted by Crippen LogP contribution is -2.49. The van der Waals surface area contributed by atoms with Crippen LogP contribution in [0.3, 0.4) is 0 Å². The van der Waals surface area contributed by atoms with Crippen LogP contribution in [-0.4, -0.2) is 49.8 Å². The fourth-order valence-corrected chi connectivity index (χ4v) is 2.98. The summed E-state index contributed by atoms with van der Waals surface area (Å²) in [5.74, 6) is 0. The van der Waals surface area contributed by atoms with E-state index in [1.54, 1.807) is 11.3 Å². The second kappa shape index (κ2) is 7.61. The van der Waals surface area contributed by atoms with E-state index in [9.17, 15) is 4.79 Å². The normalized spacial score (nSPS) is 19.3. The van der Waals surface area contributed by atoms with Gasteiger partial charge < -0.3 is 15.4 Å². The summed E-state index contributed by atoms with van der Waals surface area (Å²) in [5, 5.41) is 7.92. The third kappa shape index (κ3) is 4.47. The molecule has 112 valence electrons. The summed E-state index contributed by atoms with van der Waals surface area (Å²) < 4.78 is 5.33. The van der Waals surface area contributed by atoms with Gasteiger partial charge in [0.05, 0.1) is 19.3 Å². The Morgan fingerprint density at radius 3 is 2.85 bits per heavy atom. The Bertz CT molecular complexity index is 405. The number of amides is 2. The topological polar surface area (TPSA) is 53.6 Å². The van der Waals surface area contributed by atoms with E-state index in [0.29, 0.717) is 12.6 Å². The molecule has 0 spiro atoms. The minimum absolute atomic E-state index is 0.0497. The van der Waals surface area contributed by atoms with Crippen molar-refractivity contribution in [3.8, 4) is 0 Å². The molecule has 1 aliphatic heterocycles. The van der Waals surface area contributed by atoms with Gasteiger partial charge in [0.25, 0.3) is 0 Å². The highest BCUT2D eigenvalue weighted by Crippen LogP contribution is 2.17. The number of nitrogens with zero attached hydrogens (tertiary/aromatic N) is 1. The van der Waals surface area contributed by atoms with Gasteiger partial charge in [-0.3, -0.25) is 4.90 Å².